The van der Waals surface area contributed by atoms with Crippen molar-refractivity contribution in [1.82, 2.24) is 14.8 Å². The Bertz CT molecular complexity index is 694. The van der Waals surface area contributed by atoms with Crippen LogP contribution in [0.1, 0.15) is 43.0 Å². The van der Waals surface area contributed by atoms with Crippen molar-refractivity contribution in [3.63, 3.8) is 0 Å². The molecule has 32 heavy (non-hydrogen) atoms. The zero-order chi connectivity index (χ0) is 20.3. The summed E-state index contributed by atoms with van der Waals surface area (Å²) in [6.45, 7) is 10.4. The van der Waals surface area contributed by atoms with Crippen molar-refractivity contribution in [2.45, 2.75) is 45.4 Å². The van der Waals surface area contributed by atoms with E-state index >= 15 is 0 Å². The number of thiazole rings is 1. The van der Waals surface area contributed by atoms with Crippen molar-refractivity contribution >= 4 is 67.4 Å². The zero-order valence-electron chi connectivity index (χ0n) is 19.6. The van der Waals surface area contributed by atoms with Gasteiger partial charge in [-0.25, -0.2) is 4.98 Å². The quantitative estimate of drug-likeness (QED) is 0.250. The summed E-state index contributed by atoms with van der Waals surface area (Å²) in [5.74, 6) is 0. The Morgan fingerprint density at radius 3 is 2.31 bits per heavy atom. The minimum atomic E-state index is 0. The lowest BCUT2D eigenvalue weighted by Gasteiger charge is -2.34. The monoisotopic (exact) mass is 654 g/mol. The van der Waals surface area contributed by atoms with Crippen molar-refractivity contribution in [3.05, 3.63) is 47.0 Å². The molecule has 4 nitrogen and oxygen atoms in total. The molecule has 0 spiro atoms. The summed E-state index contributed by atoms with van der Waals surface area (Å²) in [7, 11) is 2.26. The molecule has 3 rings (SSSR count). The summed E-state index contributed by atoms with van der Waals surface area (Å²) < 4.78 is 0. The van der Waals surface area contributed by atoms with Crippen LogP contribution in [0.2, 0.25) is 0 Å². The molecule has 8 heteroatoms. The SMILES string of the molecule is Br.Br.Br.CCCN1CCN(c2ncc(CCN(C)CCCCCc3ccccc3)s2)CC1. The van der Waals surface area contributed by atoms with Gasteiger partial charge in [0.05, 0.1) is 0 Å². The van der Waals surface area contributed by atoms with Crippen LogP contribution in [0.3, 0.4) is 0 Å². The second-order valence-electron chi connectivity index (χ2n) is 8.29. The van der Waals surface area contributed by atoms with Gasteiger partial charge in [-0.15, -0.1) is 62.3 Å². The third kappa shape index (κ3) is 11.4. The van der Waals surface area contributed by atoms with Gasteiger partial charge in [-0.2, -0.15) is 0 Å². The summed E-state index contributed by atoms with van der Waals surface area (Å²) in [6.07, 6.45) is 9.58. The number of nitrogens with zero attached hydrogens (tertiary/aromatic N) is 4. The molecule has 1 fully saturated rings. The minimum absolute atomic E-state index is 0. The summed E-state index contributed by atoms with van der Waals surface area (Å²) >= 11 is 1.90. The van der Waals surface area contributed by atoms with Crippen LogP contribution >= 0.6 is 62.3 Å². The van der Waals surface area contributed by atoms with Crippen LogP contribution in [-0.2, 0) is 12.8 Å². The van der Waals surface area contributed by atoms with Crippen LogP contribution < -0.4 is 4.90 Å². The van der Waals surface area contributed by atoms with Gasteiger partial charge >= 0.3 is 0 Å². The molecule has 0 bridgehead atoms. The molecule has 0 aliphatic carbocycles. The summed E-state index contributed by atoms with van der Waals surface area (Å²) in [6, 6.07) is 10.8. The number of aromatic nitrogens is 1. The van der Waals surface area contributed by atoms with Crippen LogP contribution in [0, 0.1) is 0 Å². The first-order valence-corrected chi connectivity index (χ1v) is 12.2. The van der Waals surface area contributed by atoms with E-state index in [1.54, 1.807) is 0 Å². The lowest BCUT2D eigenvalue weighted by atomic mass is 10.1. The standard InChI is InChI=1S/C24H38N4S.3BrH/c1-3-14-27-17-19-28(20-18-27)24-25-21-23(29-24)13-16-26(2)15-9-5-8-12-22-10-6-4-7-11-22;;;/h4,6-7,10-11,21H,3,5,8-9,12-20H2,1-2H3;3*1H. The van der Waals surface area contributed by atoms with Crippen molar-refractivity contribution in [1.29, 1.82) is 0 Å². The van der Waals surface area contributed by atoms with Gasteiger partial charge in [0.2, 0.25) is 0 Å². The van der Waals surface area contributed by atoms with Crippen molar-refractivity contribution in [2.24, 2.45) is 0 Å². The van der Waals surface area contributed by atoms with Gasteiger partial charge in [0.15, 0.2) is 5.13 Å². The van der Waals surface area contributed by atoms with E-state index in [0.717, 1.165) is 26.1 Å². The Morgan fingerprint density at radius 2 is 1.62 bits per heavy atom. The zero-order valence-corrected chi connectivity index (χ0v) is 25.5. The van der Waals surface area contributed by atoms with Gasteiger partial charge < -0.3 is 9.80 Å². The molecule has 184 valence electrons. The van der Waals surface area contributed by atoms with Crippen molar-refractivity contribution < 1.29 is 0 Å². The molecule has 0 unspecified atom stereocenters. The van der Waals surface area contributed by atoms with Crippen LogP contribution in [0.25, 0.3) is 0 Å². The average Bonchev–Trinajstić information content (AvgIpc) is 3.23. The molecule has 0 amide bonds. The smallest absolute Gasteiger partial charge is 0.185 e. The maximum Gasteiger partial charge on any atom is 0.185 e. The first-order valence-electron chi connectivity index (χ1n) is 11.4. The van der Waals surface area contributed by atoms with Crippen LogP contribution in [0.5, 0.6) is 0 Å². The summed E-state index contributed by atoms with van der Waals surface area (Å²) in [4.78, 5) is 13.7. The van der Waals surface area contributed by atoms with E-state index in [-0.39, 0.29) is 50.9 Å². The number of aryl methyl sites for hydroxylation is 1. The van der Waals surface area contributed by atoms with Crippen LogP contribution in [0.4, 0.5) is 5.13 Å². The molecule has 1 aromatic heterocycles. The number of hydrogen-bond donors (Lipinski definition) is 0. The highest BCUT2D eigenvalue weighted by Gasteiger charge is 2.18. The normalized spacial score (nSPS) is 13.9. The Balaban J connectivity index is 0.00000320. The van der Waals surface area contributed by atoms with E-state index in [2.05, 4.69) is 65.2 Å². The molecular weight excluding hydrogens is 616 g/mol. The Labute approximate surface area is 231 Å². The number of likely N-dealkylation sites (N-methyl/N-ethyl adjacent to an activating group) is 1. The van der Waals surface area contributed by atoms with Gasteiger partial charge in [0.1, 0.15) is 0 Å². The predicted octanol–water partition coefficient (Wildman–Crippen LogP) is 6.30. The Hall–Kier alpha value is 0.01000. The van der Waals surface area contributed by atoms with E-state index in [9.17, 15) is 0 Å². The average molecular weight is 657 g/mol. The molecule has 0 N–H and O–H groups in total. The maximum absolute atomic E-state index is 4.71. The molecule has 1 saturated heterocycles. The van der Waals surface area contributed by atoms with Gasteiger partial charge in [-0.05, 0) is 57.8 Å². The highest BCUT2D eigenvalue weighted by molar-refractivity contribution is 8.93. The maximum atomic E-state index is 4.71. The fourth-order valence-corrected chi connectivity index (χ4v) is 4.93. The van der Waals surface area contributed by atoms with Crippen LogP contribution in [0.15, 0.2) is 36.5 Å². The van der Waals surface area contributed by atoms with E-state index in [4.69, 9.17) is 4.98 Å². The van der Waals surface area contributed by atoms with E-state index in [1.165, 1.54) is 73.9 Å². The van der Waals surface area contributed by atoms with Gasteiger partial charge in [0, 0.05) is 43.8 Å². The largest absolute Gasteiger partial charge is 0.346 e. The molecule has 2 aromatic rings. The van der Waals surface area contributed by atoms with E-state index < -0.39 is 0 Å². The number of unbranched alkanes of at least 4 members (excludes halogenated alkanes) is 2. The highest BCUT2D eigenvalue weighted by Crippen LogP contribution is 2.24. The molecule has 1 aliphatic rings. The third-order valence-corrected chi connectivity index (χ3v) is 6.93. The van der Waals surface area contributed by atoms with Crippen LogP contribution in [-0.4, -0.2) is 67.6 Å². The first kappa shape index (κ1) is 32.0. The number of hydrogen-bond acceptors (Lipinski definition) is 5. The number of rotatable bonds is 12. The second-order valence-corrected chi connectivity index (χ2v) is 9.38. The number of benzene rings is 1. The Morgan fingerprint density at radius 1 is 0.906 bits per heavy atom. The fourth-order valence-electron chi connectivity index (χ4n) is 3.98. The van der Waals surface area contributed by atoms with Crippen molar-refractivity contribution in [3.8, 4) is 0 Å². The van der Waals surface area contributed by atoms with Gasteiger partial charge in [0.25, 0.3) is 0 Å². The molecule has 0 radical (unpaired) electrons. The fraction of sp³-hybridized carbons (Fsp3) is 0.625. The molecule has 0 saturated carbocycles. The lowest BCUT2D eigenvalue weighted by Crippen LogP contribution is -2.46. The van der Waals surface area contributed by atoms with Gasteiger partial charge in [-0.3, -0.25) is 4.90 Å². The molecule has 1 aromatic carbocycles. The molecule has 0 atom stereocenters. The summed E-state index contributed by atoms with van der Waals surface area (Å²) in [5.41, 5.74) is 1.47. The second kappa shape index (κ2) is 18.4. The lowest BCUT2D eigenvalue weighted by molar-refractivity contribution is 0.258. The Kier molecular flexibility index (Phi) is 18.4. The number of halogens is 3. The minimum Gasteiger partial charge on any atom is -0.346 e. The number of piperazine rings is 1. The third-order valence-electron chi connectivity index (χ3n) is 5.81. The first-order chi connectivity index (χ1) is 14.2. The topological polar surface area (TPSA) is 22.6 Å². The van der Waals surface area contributed by atoms with Crippen molar-refractivity contribution in [2.75, 3.05) is 57.8 Å². The highest BCUT2D eigenvalue weighted by atomic mass is 79.9. The molecule has 2 heterocycles. The molecular formula is C24H41Br3N4S. The summed E-state index contributed by atoms with van der Waals surface area (Å²) in [5, 5.41) is 1.22. The molecule has 1 aliphatic heterocycles. The number of anilines is 1. The van der Waals surface area contributed by atoms with E-state index in [1.807, 2.05) is 11.3 Å². The van der Waals surface area contributed by atoms with Gasteiger partial charge in [-0.1, -0.05) is 43.7 Å². The van der Waals surface area contributed by atoms with E-state index in [0.29, 0.717) is 0 Å². The predicted molar refractivity (Wildman–Crippen MR) is 157 cm³/mol.